The van der Waals surface area contributed by atoms with Crippen LogP contribution in [0.25, 0.3) is 0 Å². The minimum absolute atomic E-state index is 0.0253. The third-order valence-corrected chi connectivity index (χ3v) is 5.50. The van der Waals surface area contributed by atoms with Gasteiger partial charge in [0.05, 0.1) is 5.38 Å². The SMILES string of the molecule is Cc1cc(Br)c(C(Cl)Cc2cccc(Br)c2)s1. The van der Waals surface area contributed by atoms with Crippen molar-refractivity contribution < 1.29 is 0 Å². The van der Waals surface area contributed by atoms with Gasteiger partial charge in [-0.3, -0.25) is 0 Å². The van der Waals surface area contributed by atoms with Crippen molar-refractivity contribution in [2.24, 2.45) is 0 Å². The number of hydrogen-bond donors (Lipinski definition) is 0. The maximum absolute atomic E-state index is 6.48. The molecule has 0 aliphatic carbocycles. The van der Waals surface area contributed by atoms with Crippen molar-refractivity contribution in [2.75, 3.05) is 0 Å². The van der Waals surface area contributed by atoms with Crippen molar-refractivity contribution in [2.45, 2.75) is 18.7 Å². The van der Waals surface area contributed by atoms with Crippen LogP contribution in [0, 0.1) is 6.92 Å². The molecular formula is C13H11Br2ClS. The Hall–Kier alpha value is 0.170. The molecule has 2 rings (SSSR count). The van der Waals surface area contributed by atoms with Gasteiger partial charge in [0.1, 0.15) is 0 Å². The van der Waals surface area contributed by atoms with E-state index in [1.807, 2.05) is 12.1 Å². The average molecular weight is 395 g/mol. The molecule has 0 amide bonds. The molecule has 0 aliphatic heterocycles. The zero-order valence-corrected chi connectivity index (χ0v) is 14.0. The summed E-state index contributed by atoms with van der Waals surface area (Å²) in [5.74, 6) is 0. The number of benzene rings is 1. The Labute approximate surface area is 127 Å². The molecule has 4 heteroatoms. The summed E-state index contributed by atoms with van der Waals surface area (Å²) in [6.07, 6.45) is 0.847. The molecule has 1 atom stereocenters. The maximum Gasteiger partial charge on any atom is 0.0730 e. The summed E-state index contributed by atoms with van der Waals surface area (Å²) in [4.78, 5) is 2.50. The molecule has 0 saturated carbocycles. The number of rotatable bonds is 3. The van der Waals surface area contributed by atoms with Crippen molar-refractivity contribution in [3.8, 4) is 0 Å². The van der Waals surface area contributed by atoms with E-state index >= 15 is 0 Å². The molecule has 90 valence electrons. The van der Waals surface area contributed by atoms with Crippen LogP contribution in [0.2, 0.25) is 0 Å². The van der Waals surface area contributed by atoms with Gasteiger partial charge in [-0.25, -0.2) is 0 Å². The normalized spacial score (nSPS) is 12.7. The van der Waals surface area contributed by atoms with Gasteiger partial charge in [-0.1, -0.05) is 28.1 Å². The molecule has 0 radical (unpaired) electrons. The number of alkyl halides is 1. The first-order chi connectivity index (χ1) is 8.06. The van der Waals surface area contributed by atoms with Crippen LogP contribution in [0.4, 0.5) is 0 Å². The fourth-order valence-corrected chi connectivity index (χ4v) is 4.59. The van der Waals surface area contributed by atoms with Crippen LogP contribution in [0.5, 0.6) is 0 Å². The largest absolute Gasteiger partial charge is 0.143 e. The van der Waals surface area contributed by atoms with Crippen molar-refractivity contribution in [1.82, 2.24) is 0 Å². The van der Waals surface area contributed by atoms with Crippen LogP contribution in [0.1, 0.15) is 20.7 Å². The lowest BCUT2D eigenvalue weighted by Crippen LogP contribution is -1.94. The Morgan fingerprint density at radius 2 is 2.06 bits per heavy atom. The predicted octanol–water partition coefficient (Wildman–Crippen LogP) is 6.10. The number of aryl methyl sites for hydroxylation is 1. The van der Waals surface area contributed by atoms with Gasteiger partial charge in [-0.15, -0.1) is 22.9 Å². The summed E-state index contributed by atoms with van der Waals surface area (Å²) < 4.78 is 2.22. The lowest BCUT2D eigenvalue weighted by molar-refractivity contribution is 0.935. The molecule has 0 spiro atoms. The third kappa shape index (κ3) is 3.57. The number of halogens is 3. The summed E-state index contributed by atoms with van der Waals surface area (Å²) in [5.41, 5.74) is 1.25. The highest BCUT2D eigenvalue weighted by Crippen LogP contribution is 2.37. The summed E-state index contributed by atoms with van der Waals surface area (Å²) in [6, 6.07) is 10.4. The molecule has 1 aromatic carbocycles. The molecule has 17 heavy (non-hydrogen) atoms. The van der Waals surface area contributed by atoms with E-state index in [2.05, 4.69) is 57.0 Å². The third-order valence-electron chi connectivity index (χ3n) is 2.42. The van der Waals surface area contributed by atoms with Crippen LogP contribution in [0.3, 0.4) is 0 Å². The highest BCUT2D eigenvalue weighted by molar-refractivity contribution is 9.10. The van der Waals surface area contributed by atoms with Gasteiger partial charge in [0.25, 0.3) is 0 Å². The Bertz CT molecular complexity index is 522. The van der Waals surface area contributed by atoms with Crippen molar-refractivity contribution in [1.29, 1.82) is 0 Å². The zero-order chi connectivity index (χ0) is 12.4. The van der Waals surface area contributed by atoms with Gasteiger partial charge in [-0.2, -0.15) is 0 Å². The minimum Gasteiger partial charge on any atom is -0.143 e. The molecule has 0 nitrogen and oxygen atoms in total. The molecule has 1 aromatic heterocycles. The van der Waals surface area contributed by atoms with Gasteiger partial charge in [0, 0.05) is 18.7 Å². The summed E-state index contributed by atoms with van der Waals surface area (Å²) >= 11 is 15.3. The van der Waals surface area contributed by atoms with Gasteiger partial charge < -0.3 is 0 Å². The first-order valence-corrected chi connectivity index (χ1v) is 8.04. The van der Waals surface area contributed by atoms with Crippen LogP contribution in [0.15, 0.2) is 39.3 Å². The Morgan fingerprint density at radius 3 is 2.65 bits per heavy atom. The van der Waals surface area contributed by atoms with Crippen molar-refractivity contribution in [3.05, 3.63) is 54.6 Å². The van der Waals surface area contributed by atoms with Crippen LogP contribution in [-0.4, -0.2) is 0 Å². The van der Waals surface area contributed by atoms with E-state index in [9.17, 15) is 0 Å². The van der Waals surface area contributed by atoms with Gasteiger partial charge >= 0.3 is 0 Å². The fourth-order valence-electron chi connectivity index (χ4n) is 1.68. The van der Waals surface area contributed by atoms with Crippen molar-refractivity contribution in [3.63, 3.8) is 0 Å². The monoisotopic (exact) mass is 392 g/mol. The Morgan fingerprint density at radius 1 is 1.29 bits per heavy atom. The van der Waals surface area contributed by atoms with E-state index in [1.165, 1.54) is 15.3 Å². The van der Waals surface area contributed by atoms with E-state index in [0.717, 1.165) is 15.4 Å². The molecular weight excluding hydrogens is 383 g/mol. The molecule has 1 unspecified atom stereocenters. The van der Waals surface area contributed by atoms with E-state index < -0.39 is 0 Å². The Balaban J connectivity index is 2.16. The van der Waals surface area contributed by atoms with Crippen LogP contribution >= 0.6 is 54.8 Å². The van der Waals surface area contributed by atoms with Crippen LogP contribution in [-0.2, 0) is 6.42 Å². The molecule has 2 aromatic rings. The quantitative estimate of drug-likeness (QED) is 0.552. The smallest absolute Gasteiger partial charge is 0.0730 e. The summed E-state index contributed by atoms with van der Waals surface area (Å²) in [6.45, 7) is 2.10. The first-order valence-electron chi connectivity index (χ1n) is 5.20. The van der Waals surface area contributed by atoms with E-state index in [4.69, 9.17) is 11.6 Å². The summed E-state index contributed by atoms with van der Waals surface area (Å²) in [5, 5.41) is 0.0253. The molecule has 0 aliphatic rings. The average Bonchev–Trinajstić information content (AvgIpc) is 2.58. The number of hydrogen-bond acceptors (Lipinski definition) is 1. The van der Waals surface area contributed by atoms with Gasteiger partial charge in [0.2, 0.25) is 0 Å². The minimum atomic E-state index is 0.0253. The predicted molar refractivity (Wildman–Crippen MR) is 83.2 cm³/mol. The second-order valence-corrected chi connectivity index (χ2v) is 7.46. The second kappa shape index (κ2) is 5.87. The topological polar surface area (TPSA) is 0 Å². The van der Waals surface area contributed by atoms with E-state index in [0.29, 0.717) is 0 Å². The molecule has 0 N–H and O–H groups in total. The molecule has 0 fully saturated rings. The van der Waals surface area contributed by atoms with Crippen LogP contribution < -0.4 is 0 Å². The molecule has 0 saturated heterocycles. The fraction of sp³-hybridized carbons (Fsp3) is 0.231. The zero-order valence-electron chi connectivity index (χ0n) is 9.21. The molecule has 1 heterocycles. The second-order valence-electron chi connectivity index (χ2n) is 3.87. The van der Waals surface area contributed by atoms with Gasteiger partial charge in [0.15, 0.2) is 0 Å². The highest BCUT2D eigenvalue weighted by atomic mass is 79.9. The number of thiophene rings is 1. The standard InChI is InChI=1S/C13H11Br2ClS/c1-8-5-11(15)13(17-8)12(16)7-9-3-2-4-10(14)6-9/h2-6,12H,7H2,1H3. The Kier molecular flexibility index (Phi) is 4.70. The first kappa shape index (κ1) is 13.6. The van der Waals surface area contributed by atoms with E-state index in [1.54, 1.807) is 11.3 Å². The van der Waals surface area contributed by atoms with Gasteiger partial charge in [-0.05, 0) is 53.0 Å². The summed E-state index contributed by atoms with van der Waals surface area (Å²) in [7, 11) is 0. The van der Waals surface area contributed by atoms with E-state index in [-0.39, 0.29) is 5.38 Å². The lowest BCUT2D eigenvalue weighted by atomic mass is 10.1. The highest BCUT2D eigenvalue weighted by Gasteiger charge is 2.15. The van der Waals surface area contributed by atoms with Crippen molar-refractivity contribution >= 4 is 54.8 Å². The maximum atomic E-state index is 6.48. The molecule has 0 bridgehead atoms. The lowest BCUT2D eigenvalue weighted by Gasteiger charge is -2.08.